The largest absolute Gasteiger partial charge is 0.393 e. The highest BCUT2D eigenvalue weighted by Gasteiger charge is 2.54. The fourth-order valence-electron chi connectivity index (χ4n) is 4.54. The second-order valence-electron chi connectivity index (χ2n) is 9.48. The van der Waals surface area contributed by atoms with E-state index in [0.717, 1.165) is 0 Å². The summed E-state index contributed by atoms with van der Waals surface area (Å²) in [5.41, 5.74) is 22.1. The molecule has 2 heterocycles. The van der Waals surface area contributed by atoms with Crippen LogP contribution in [0.25, 0.3) is 0 Å². The molecule has 38 heavy (non-hydrogen) atoms. The zero-order valence-corrected chi connectivity index (χ0v) is 23.7. The van der Waals surface area contributed by atoms with E-state index in [0.29, 0.717) is 0 Å². The summed E-state index contributed by atoms with van der Waals surface area (Å²) in [7, 11) is 0. The Morgan fingerprint density at radius 3 is 1.84 bits per heavy atom. The first-order chi connectivity index (χ1) is 15.9. The molecule has 15 atom stereocenters. The molecule has 0 amide bonds. The molecule has 0 bridgehead atoms. The van der Waals surface area contributed by atoms with Gasteiger partial charge in [-0.25, -0.2) is 0 Å². The number of aliphatic hydroxyl groups is 7. The molecule has 19 heteroatoms. The molecule has 15 nitrogen and oxygen atoms in total. The Bertz CT molecular complexity index is 699. The Hall–Kier alpha value is 0.560. The zero-order valence-electron chi connectivity index (χ0n) is 20.4. The molecule has 0 aromatic rings. The van der Waals surface area contributed by atoms with E-state index in [1.54, 1.807) is 0 Å². The molecule has 1 saturated carbocycles. The molecular weight excluding hydrogens is 602 g/mol. The smallest absolute Gasteiger partial charge is 0.187 e. The highest BCUT2D eigenvalue weighted by Crippen LogP contribution is 2.34. The van der Waals surface area contributed by atoms with Crippen LogP contribution in [0.3, 0.4) is 0 Å². The van der Waals surface area contributed by atoms with Crippen molar-refractivity contribution in [2.24, 2.45) is 22.9 Å². The van der Waals surface area contributed by atoms with E-state index in [4.69, 9.17) is 41.9 Å². The molecule has 232 valence electrons. The van der Waals surface area contributed by atoms with Gasteiger partial charge in [-0.1, -0.05) is 0 Å². The molecule has 1 aliphatic carbocycles. The second-order valence-corrected chi connectivity index (χ2v) is 9.48. The zero-order chi connectivity index (χ0) is 25.5. The van der Waals surface area contributed by atoms with Crippen LogP contribution in [0.2, 0.25) is 0 Å². The third kappa shape index (κ3) is 7.89. The molecule has 3 rings (SSSR count). The average Bonchev–Trinajstić information content (AvgIpc) is 2.81. The van der Waals surface area contributed by atoms with Crippen molar-refractivity contribution in [3.05, 3.63) is 0 Å². The van der Waals surface area contributed by atoms with Crippen molar-refractivity contribution in [2.45, 2.75) is 105 Å². The molecule has 2 aliphatic heterocycles. The molecular formula is C19H42Cl4N4O11. The summed E-state index contributed by atoms with van der Waals surface area (Å²) < 4.78 is 22.8. The summed E-state index contributed by atoms with van der Waals surface area (Å²) in [5.74, 6) is 0. The first-order valence-corrected chi connectivity index (χ1v) is 11.2. The summed E-state index contributed by atoms with van der Waals surface area (Å²) in [6.45, 7) is 0.451. The van der Waals surface area contributed by atoms with Gasteiger partial charge in [0.25, 0.3) is 0 Å². The van der Waals surface area contributed by atoms with Gasteiger partial charge in [0, 0.05) is 18.6 Å². The maximum absolute atomic E-state index is 10.8. The van der Waals surface area contributed by atoms with E-state index in [2.05, 4.69) is 0 Å². The minimum Gasteiger partial charge on any atom is -0.393 e. The quantitative estimate of drug-likeness (QED) is 0.129. The summed E-state index contributed by atoms with van der Waals surface area (Å²) in [4.78, 5) is 0. The summed E-state index contributed by atoms with van der Waals surface area (Å²) in [5, 5.41) is 71.6. The van der Waals surface area contributed by atoms with E-state index in [-0.39, 0.29) is 62.6 Å². The van der Waals surface area contributed by atoms with Crippen molar-refractivity contribution in [1.82, 2.24) is 0 Å². The standard InChI is InChI=1S/C19H38N4O11.4ClH/c1-19(4-24)16(30)12(28)13(29)18(34-19)33-15-9(25)5(21)2-6(22)14(15)32-17-8(23)11(27)10(26)7(3-20)31-17;;;;/h5-18,24-30H,2-4,20-23H2,1H3;4*1H/t5-,6-,7+,8+,9-,10-,11-,12-,13+,14-,15-,16+,17-,18-,19-;;;;/m1..../s1. The van der Waals surface area contributed by atoms with Crippen molar-refractivity contribution in [2.75, 3.05) is 13.2 Å². The van der Waals surface area contributed by atoms with Crippen molar-refractivity contribution < 1.29 is 54.7 Å². The van der Waals surface area contributed by atoms with Gasteiger partial charge in [-0.15, -0.1) is 49.6 Å². The average molecular weight is 644 g/mol. The minimum absolute atomic E-state index is 0. The molecule has 2 saturated heterocycles. The monoisotopic (exact) mass is 642 g/mol. The molecule has 3 aliphatic rings. The number of ether oxygens (including phenoxy) is 4. The highest BCUT2D eigenvalue weighted by molar-refractivity contribution is 5.86. The van der Waals surface area contributed by atoms with Crippen LogP contribution in [-0.4, -0.2) is 140 Å². The number of hydrogen-bond acceptors (Lipinski definition) is 15. The van der Waals surface area contributed by atoms with E-state index in [1.165, 1.54) is 6.92 Å². The molecule has 0 aromatic carbocycles. The number of halogens is 4. The van der Waals surface area contributed by atoms with Crippen LogP contribution in [0.4, 0.5) is 0 Å². The van der Waals surface area contributed by atoms with Crippen LogP contribution in [0, 0.1) is 0 Å². The van der Waals surface area contributed by atoms with Crippen LogP contribution < -0.4 is 22.9 Å². The van der Waals surface area contributed by atoms with E-state index in [9.17, 15) is 35.7 Å². The lowest BCUT2D eigenvalue weighted by atomic mass is 9.84. The lowest BCUT2D eigenvalue weighted by molar-refractivity contribution is -0.362. The van der Waals surface area contributed by atoms with Crippen LogP contribution in [0.5, 0.6) is 0 Å². The SMILES string of the molecule is C[C@]1(CO)O[C@@H](O[C@@H]2[C@H](O)[C@H](N)C[C@@H](N)[C@H]2O[C@H]2O[C@@H](CN)[C@@H](O)[C@H](O)[C@@H]2N)[C@@H](O)[C@@H](O)[C@@H]1O.Cl.Cl.Cl.Cl. The normalized spacial score (nSPS) is 48.9. The lowest BCUT2D eigenvalue weighted by Gasteiger charge is -2.50. The highest BCUT2D eigenvalue weighted by atomic mass is 35.5. The Balaban J connectivity index is 0. The van der Waals surface area contributed by atoms with Crippen molar-refractivity contribution in [3.63, 3.8) is 0 Å². The first kappa shape index (κ1) is 40.7. The van der Waals surface area contributed by atoms with Crippen LogP contribution >= 0.6 is 49.6 Å². The van der Waals surface area contributed by atoms with Gasteiger partial charge in [0.2, 0.25) is 0 Å². The van der Waals surface area contributed by atoms with Gasteiger partial charge in [-0.2, -0.15) is 0 Å². The predicted octanol–water partition coefficient (Wildman–Crippen LogP) is -5.21. The Labute approximate surface area is 244 Å². The van der Waals surface area contributed by atoms with Gasteiger partial charge < -0.3 is 77.6 Å². The van der Waals surface area contributed by atoms with E-state index >= 15 is 0 Å². The molecule has 3 fully saturated rings. The van der Waals surface area contributed by atoms with Gasteiger partial charge in [0.15, 0.2) is 12.6 Å². The number of hydrogen-bond donors (Lipinski definition) is 11. The second kappa shape index (κ2) is 16.3. The third-order valence-corrected chi connectivity index (χ3v) is 6.91. The van der Waals surface area contributed by atoms with Crippen molar-refractivity contribution in [1.29, 1.82) is 0 Å². The number of rotatable bonds is 6. The topological polar surface area (TPSA) is 283 Å². The van der Waals surface area contributed by atoms with Crippen molar-refractivity contribution in [3.8, 4) is 0 Å². The van der Waals surface area contributed by atoms with Crippen LogP contribution in [0.15, 0.2) is 0 Å². The fourth-order valence-corrected chi connectivity index (χ4v) is 4.54. The molecule has 0 spiro atoms. The fraction of sp³-hybridized carbons (Fsp3) is 1.00. The molecule has 0 radical (unpaired) electrons. The maximum atomic E-state index is 10.8. The number of aliphatic hydroxyl groups excluding tert-OH is 7. The first-order valence-electron chi connectivity index (χ1n) is 11.2. The summed E-state index contributed by atoms with van der Waals surface area (Å²) in [6, 6.07) is -2.89. The number of nitrogens with two attached hydrogens (primary N) is 4. The summed E-state index contributed by atoms with van der Waals surface area (Å²) >= 11 is 0. The Kier molecular flexibility index (Phi) is 17.4. The Morgan fingerprint density at radius 2 is 1.32 bits per heavy atom. The maximum Gasteiger partial charge on any atom is 0.187 e. The van der Waals surface area contributed by atoms with Gasteiger partial charge in [0.1, 0.15) is 54.4 Å². The van der Waals surface area contributed by atoms with Crippen LogP contribution in [-0.2, 0) is 18.9 Å². The Morgan fingerprint density at radius 1 is 0.763 bits per heavy atom. The molecule has 15 N–H and O–H groups in total. The molecule has 0 unspecified atom stereocenters. The van der Waals surface area contributed by atoms with E-state index in [1.807, 2.05) is 0 Å². The summed E-state index contributed by atoms with van der Waals surface area (Å²) in [6.07, 6.45) is -15.6. The van der Waals surface area contributed by atoms with Gasteiger partial charge in [-0.3, -0.25) is 0 Å². The predicted molar refractivity (Wildman–Crippen MR) is 141 cm³/mol. The van der Waals surface area contributed by atoms with Crippen LogP contribution in [0.1, 0.15) is 13.3 Å². The lowest BCUT2D eigenvalue weighted by Crippen LogP contribution is -2.70. The minimum atomic E-state index is -1.76. The third-order valence-electron chi connectivity index (χ3n) is 6.91. The van der Waals surface area contributed by atoms with Gasteiger partial charge in [0.05, 0.1) is 18.8 Å². The van der Waals surface area contributed by atoms with Gasteiger partial charge >= 0.3 is 0 Å². The van der Waals surface area contributed by atoms with Gasteiger partial charge in [-0.05, 0) is 13.3 Å². The molecule has 0 aromatic heterocycles. The van der Waals surface area contributed by atoms with Crippen molar-refractivity contribution >= 4 is 49.6 Å². The van der Waals surface area contributed by atoms with E-state index < -0.39 is 97.8 Å².